The fourth-order valence-corrected chi connectivity index (χ4v) is 1.55. The molecule has 1 fully saturated rings. The molecule has 0 amide bonds. The second-order valence-electron chi connectivity index (χ2n) is 3.29. The first-order chi connectivity index (χ1) is 5.84. The zero-order chi connectivity index (χ0) is 8.81. The molecule has 0 aliphatic heterocycles. The third-order valence-corrected chi connectivity index (χ3v) is 2.31. The monoisotopic (exact) mass is 170 g/mol. The van der Waals surface area contributed by atoms with Crippen molar-refractivity contribution in [1.29, 1.82) is 0 Å². The summed E-state index contributed by atoms with van der Waals surface area (Å²) < 4.78 is 5.50. The number of aliphatic hydroxyl groups is 1. The van der Waals surface area contributed by atoms with Gasteiger partial charge >= 0.3 is 0 Å². The van der Waals surface area contributed by atoms with Gasteiger partial charge in [-0.2, -0.15) is 0 Å². The lowest BCUT2D eigenvalue weighted by molar-refractivity contribution is -0.0489. The average Bonchev–Trinajstić information content (AvgIpc) is 2.09. The minimum atomic E-state index is -0.232. The Morgan fingerprint density at radius 2 is 2.17 bits per heavy atom. The highest BCUT2D eigenvalue weighted by Crippen LogP contribution is 2.20. The minimum Gasteiger partial charge on any atom is -0.390 e. The second kappa shape index (κ2) is 5.33. The van der Waals surface area contributed by atoms with E-state index in [2.05, 4.69) is 0 Å². The maximum atomic E-state index is 9.52. The Balaban J connectivity index is 2.20. The topological polar surface area (TPSA) is 29.5 Å². The fourth-order valence-electron chi connectivity index (χ4n) is 1.55. The molecule has 1 saturated carbocycles. The lowest BCUT2D eigenvalue weighted by Crippen LogP contribution is -2.32. The Bertz CT molecular complexity index is 143. The predicted octanol–water partition coefficient (Wildman–Crippen LogP) is 1.88. The Labute approximate surface area is 74.2 Å². The van der Waals surface area contributed by atoms with Gasteiger partial charge in [-0.25, -0.2) is 0 Å². The summed E-state index contributed by atoms with van der Waals surface area (Å²) in [5, 5.41) is 9.52. The van der Waals surface area contributed by atoms with Crippen LogP contribution in [0.15, 0.2) is 12.2 Å². The smallest absolute Gasteiger partial charge is 0.0838 e. The second-order valence-corrected chi connectivity index (χ2v) is 3.29. The van der Waals surface area contributed by atoms with Gasteiger partial charge in [0, 0.05) is 0 Å². The Morgan fingerprint density at radius 3 is 2.83 bits per heavy atom. The van der Waals surface area contributed by atoms with Gasteiger partial charge in [0.15, 0.2) is 0 Å². The van der Waals surface area contributed by atoms with E-state index < -0.39 is 0 Å². The van der Waals surface area contributed by atoms with Crippen LogP contribution in [0.2, 0.25) is 0 Å². The number of ether oxygens (including phenoxy) is 1. The summed E-state index contributed by atoms with van der Waals surface area (Å²) in [7, 11) is 0. The number of hydrogen-bond acceptors (Lipinski definition) is 2. The Hall–Kier alpha value is -0.340. The maximum Gasteiger partial charge on any atom is 0.0838 e. The van der Waals surface area contributed by atoms with Gasteiger partial charge in [-0.05, 0) is 19.8 Å². The Kier molecular flexibility index (Phi) is 4.33. The van der Waals surface area contributed by atoms with Crippen molar-refractivity contribution in [2.24, 2.45) is 0 Å². The van der Waals surface area contributed by atoms with Crippen LogP contribution in [0.25, 0.3) is 0 Å². The first-order valence-corrected chi connectivity index (χ1v) is 4.75. The quantitative estimate of drug-likeness (QED) is 0.655. The summed E-state index contributed by atoms with van der Waals surface area (Å²) in [6, 6.07) is 0. The first kappa shape index (κ1) is 9.75. The number of aliphatic hydroxyl groups excluding tert-OH is 1. The highest BCUT2D eigenvalue weighted by Gasteiger charge is 2.22. The van der Waals surface area contributed by atoms with Crippen molar-refractivity contribution in [3.63, 3.8) is 0 Å². The van der Waals surface area contributed by atoms with E-state index in [4.69, 9.17) is 4.74 Å². The molecule has 0 radical (unpaired) electrons. The van der Waals surface area contributed by atoms with Crippen LogP contribution in [0, 0.1) is 0 Å². The predicted molar refractivity (Wildman–Crippen MR) is 49.0 cm³/mol. The van der Waals surface area contributed by atoms with Crippen molar-refractivity contribution in [1.82, 2.24) is 0 Å². The number of hydrogen-bond donors (Lipinski definition) is 1. The molecule has 1 aliphatic carbocycles. The van der Waals surface area contributed by atoms with Crippen molar-refractivity contribution in [3.8, 4) is 0 Å². The van der Waals surface area contributed by atoms with E-state index in [9.17, 15) is 5.11 Å². The number of rotatable bonds is 3. The van der Waals surface area contributed by atoms with Gasteiger partial charge in [0.1, 0.15) is 0 Å². The van der Waals surface area contributed by atoms with Crippen LogP contribution < -0.4 is 0 Å². The summed E-state index contributed by atoms with van der Waals surface area (Å²) in [4.78, 5) is 0. The van der Waals surface area contributed by atoms with Gasteiger partial charge in [-0.15, -0.1) is 0 Å². The molecule has 1 N–H and O–H groups in total. The van der Waals surface area contributed by atoms with E-state index in [0.29, 0.717) is 6.61 Å². The molecular weight excluding hydrogens is 152 g/mol. The lowest BCUT2D eigenvalue weighted by Gasteiger charge is -2.27. The van der Waals surface area contributed by atoms with Gasteiger partial charge in [0.05, 0.1) is 18.8 Å². The van der Waals surface area contributed by atoms with Crippen molar-refractivity contribution < 1.29 is 9.84 Å². The SMILES string of the molecule is CC=CCOC1CCCCC1O. The van der Waals surface area contributed by atoms with Crippen LogP contribution in [0.5, 0.6) is 0 Å². The Morgan fingerprint density at radius 1 is 1.42 bits per heavy atom. The van der Waals surface area contributed by atoms with E-state index in [1.54, 1.807) is 0 Å². The molecule has 1 rings (SSSR count). The lowest BCUT2D eigenvalue weighted by atomic mass is 9.95. The summed E-state index contributed by atoms with van der Waals surface area (Å²) in [6.45, 7) is 2.61. The van der Waals surface area contributed by atoms with Crippen molar-refractivity contribution in [3.05, 3.63) is 12.2 Å². The molecule has 2 unspecified atom stereocenters. The molecule has 2 nitrogen and oxygen atoms in total. The maximum absolute atomic E-state index is 9.52. The van der Waals surface area contributed by atoms with E-state index in [1.807, 2.05) is 19.1 Å². The summed E-state index contributed by atoms with van der Waals surface area (Å²) in [5.74, 6) is 0. The molecule has 0 bridgehead atoms. The van der Waals surface area contributed by atoms with E-state index in [0.717, 1.165) is 19.3 Å². The standard InChI is InChI=1S/C10H18O2/c1-2-3-8-12-10-7-5-4-6-9(10)11/h2-3,9-11H,4-8H2,1H3. The van der Waals surface area contributed by atoms with Gasteiger partial charge in [-0.1, -0.05) is 25.0 Å². The number of allylic oxidation sites excluding steroid dienone is 1. The molecular formula is C10H18O2. The molecule has 0 spiro atoms. The normalized spacial score (nSPS) is 31.2. The van der Waals surface area contributed by atoms with Crippen molar-refractivity contribution in [2.45, 2.75) is 44.8 Å². The summed E-state index contributed by atoms with van der Waals surface area (Å²) in [6.07, 6.45) is 8.04. The summed E-state index contributed by atoms with van der Waals surface area (Å²) in [5.41, 5.74) is 0. The van der Waals surface area contributed by atoms with Crippen LogP contribution in [0.1, 0.15) is 32.6 Å². The highest BCUT2D eigenvalue weighted by atomic mass is 16.5. The minimum absolute atomic E-state index is 0.0787. The van der Waals surface area contributed by atoms with Crippen LogP contribution in [-0.2, 0) is 4.74 Å². The third kappa shape index (κ3) is 2.95. The van der Waals surface area contributed by atoms with Crippen molar-refractivity contribution >= 4 is 0 Å². The van der Waals surface area contributed by atoms with E-state index in [1.165, 1.54) is 6.42 Å². The zero-order valence-electron chi connectivity index (χ0n) is 7.70. The fraction of sp³-hybridized carbons (Fsp3) is 0.800. The van der Waals surface area contributed by atoms with Crippen LogP contribution in [0.4, 0.5) is 0 Å². The average molecular weight is 170 g/mol. The van der Waals surface area contributed by atoms with Gasteiger partial charge in [-0.3, -0.25) is 0 Å². The van der Waals surface area contributed by atoms with E-state index >= 15 is 0 Å². The van der Waals surface area contributed by atoms with Crippen molar-refractivity contribution in [2.75, 3.05) is 6.61 Å². The zero-order valence-corrected chi connectivity index (χ0v) is 7.70. The highest BCUT2D eigenvalue weighted by molar-refractivity contribution is 4.80. The van der Waals surface area contributed by atoms with E-state index in [-0.39, 0.29) is 12.2 Å². The largest absolute Gasteiger partial charge is 0.390 e. The summed E-state index contributed by atoms with van der Waals surface area (Å²) >= 11 is 0. The van der Waals surface area contributed by atoms with Gasteiger partial charge in [0.25, 0.3) is 0 Å². The molecule has 1 aliphatic rings. The molecule has 2 heteroatoms. The molecule has 70 valence electrons. The molecule has 12 heavy (non-hydrogen) atoms. The molecule has 2 atom stereocenters. The first-order valence-electron chi connectivity index (χ1n) is 4.75. The van der Waals surface area contributed by atoms with Gasteiger partial charge < -0.3 is 9.84 Å². The molecule has 0 heterocycles. The van der Waals surface area contributed by atoms with Crippen LogP contribution >= 0.6 is 0 Å². The van der Waals surface area contributed by atoms with Crippen LogP contribution in [-0.4, -0.2) is 23.9 Å². The molecule has 0 aromatic rings. The molecule has 0 aromatic heterocycles. The molecule has 0 aromatic carbocycles. The van der Waals surface area contributed by atoms with Gasteiger partial charge in [0.2, 0.25) is 0 Å². The molecule has 0 saturated heterocycles. The third-order valence-electron chi connectivity index (χ3n) is 2.31. The van der Waals surface area contributed by atoms with Crippen LogP contribution in [0.3, 0.4) is 0 Å².